The molecule has 27 atom stereocenters. The summed E-state index contributed by atoms with van der Waals surface area (Å²) in [6, 6.07) is 0. The number of aliphatic hydroxyl groups is 10. The zero-order chi connectivity index (χ0) is 64.3. The number of aliphatic hydroxyl groups excluding tert-OH is 10. The van der Waals surface area contributed by atoms with Crippen molar-refractivity contribution in [3.63, 3.8) is 0 Å². The van der Waals surface area contributed by atoms with Gasteiger partial charge in [-0.3, -0.25) is 18.2 Å². The van der Waals surface area contributed by atoms with E-state index in [-0.39, 0.29) is 0 Å². The van der Waals surface area contributed by atoms with Gasteiger partial charge in [0, 0.05) is 29.6 Å². The van der Waals surface area contributed by atoms with Crippen LogP contribution < -0.4 is 0 Å². The van der Waals surface area contributed by atoms with Gasteiger partial charge >= 0.3 is 53.5 Å². The molecule has 0 saturated carbocycles. The molecule has 41 nitrogen and oxygen atoms in total. The van der Waals surface area contributed by atoms with E-state index in [1.807, 2.05) is 0 Å². The lowest BCUT2D eigenvalue weighted by atomic mass is 9.82. The fraction of sp³-hybridized carbons (Fsp3) is 0.902. The number of carboxylic acid groups (broad SMARTS) is 2. The lowest BCUT2D eigenvalue weighted by molar-refractivity contribution is -0.327. The molecule has 5 saturated heterocycles. The van der Waals surface area contributed by atoms with Gasteiger partial charge in [0.25, 0.3) is 0 Å². The van der Waals surface area contributed by atoms with Crippen molar-refractivity contribution in [1.29, 1.82) is 0 Å². The predicted octanol–water partition coefficient (Wildman–Crippen LogP) is -9.48. The highest BCUT2D eigenvalue weighted by atomic mass is 32.3. The van der Waals surface area contributed by atoms with Crippen LogP contribution in [0.25, 0.3) is 0 Å². The highest BCUT2D eigenvalue weighted by molar-refractivity contribution is 7.81. The van der Waals surface area contributed by atoms with Crippen molar-refractivity contribution in [2.45, 2.75) is 149 Å². The van der Waals surface area contributed by atoms with Gasteiger partial charge in [0.05, 0.1) is 83.4 Å². The van der Waals surface area contributed by atoms with E-state index in [4.69, 9.17) is 52.1 Å². The molecule has 45 heteroatoms. The number of ether oxygens (including phenoxy) is 11. The molecule has 0 aromatic carbocycles. The van der Waals surface area contributed by atoms with Gasteiger partial charge in [-0.1, -0.05) is 0 Å². The molecule has 0 amide bonds. The third kappa shape index (κ3) is 18.9. The Bertz CT molecular complexity index is 2760. The molecule has 27 unspecified atom stereocenters. The van der Waals surface area contributed by atoms with Crippen LogP contribution in [0.2, 0.25) is 0 Å². The second-order valence-corrected chi connectivity index (χ2v) is 24.5. The molecule has 6 rings (SSSR count). The SMILES string of the molecule is CC1OC(OCC2C(COC3OC(C(=O)O)C(O)C(COC4OC(CO)C(O)C(COC5OC(C)C(OS(=O)(=O)O)C(O)C5OS(=O)(=O)O)C4COC4OC(C(=O)O)=CC(O)C4O)C3O)COC(COS(=O)(=O)O)C2O)C(O)C(OS(=O)(=O)O)C1O. The van der Waals surface area contributed by atoms with E-state index in [1.165, 1.54) is 6.92 Å². The lowest BCUT2D eigenvalue weighted by Crippen LogP contribution is -2.61. The first-order chi connectivity index (χ1) is 39.8. The van der Waals surface area contributed by atoms with Crippen molar-refractivity contribution in [2.24, 2.45) is 29.6 Å². The number of carbonyl (C=O) groups is 2. The zero-order valence-corrected chi connectivity index (χ0v) is 47.6. The van der Waals surface area contributed by atoms with Crippen LogP contribution in [-0.4, -0.2) is 313 Å². The van der Waals surface area contributed by atoms with Crippen LogP contribution in [0.3, 0.4) is 0 Å². The summed E-state index contributed by atoms with van der Waals surface area (Å²) in [5, 5.41) is 130. The Morgan fingerprint density at radius 3 is 1.59 bits per heavy atom. The summed E-state index contributed by atoms with van der Waals surface area (Å²) in [6.45, 7) is -5.02. The van der Waals surface area contributed by atoms with Crippen LogP contribution in [0.4, 0.5) is 0 Å². The highest BCUT2D eigenvalue weighted by Crippen LogP contribution is 2.39. The molecular formula is C41H66O41S4. The molecule has 5 fully saturated rings. The van der Waals surface area contributed by atoms with E-state index in [1.54, 1.807) is 0 Å². The van der Waals surface area contributed by atoms with E-state index in [9.17, 15) is 123 Å². The van der Waals surface area contributed by atoms with Gasteiger partial charge in [0.1, 0.15) is 61.0 Å². The van der Waals surface area contributed by atoms with Crippen molar-refractivity contribution >= 4 is 53.5 Å². The minimum absolute atomic E-state index is 0.562. The van der Waals surface area contributed by atoms with Crippen molar-refractivity contribution in [3.05, 3.63) is 11.8 Å². The Morgan fingerprint density at radius 1 is 0.488 bits per heavy atom. The molecule has 6 aliphatic rings. The molecule has 0 radical (unpaired) electrons. The summed E-state index contributed by atoms with van der Waals surface area (Å²) in [7, 11) is -21.5. The van der Waals surface area contributed by atoms with Gasteiger partial charge in [0.2, 0.25) is 12.0 Å². The van der Waals surface area contributed by atoms with Crippen LogP contribution in [-0.2, 0) is 120 Å². The molecule has 86 heavy (non-hydrogen) atoms. The second kappa shape index (κ2) is 29.6. The molecule has 0 aromatic rings. The largest absolute Gasteiger partial charge is 0.479 e. The van der Waals surface area contributed by atoms with Gasteiger partial charge in [0.15, 0.2) is 37.4 Å². The normalized spacial score (nSPS) is 42.1. The molecule has 6 aliphatic heterocycles. The van der Waals surface area contributed by atoms with E-state index in [2.05, 4.69) is 16.7 Å². The summed E-state index contributed by atoms with van der Waals surface area (Å²) in [4.78, 5) is 24.4. The Labute approximate surface area is 487 Å². The predicted molar refractivity (Wildman–Crippen MR) is 259 cm³/mol. The maximum atomic E-state index is 12.6. The smallest absolute Gasteiger partial charge is 0.397 e. The van der Waals surface area contributed by atoms with Gasteiger partial charge in [-0.05, 0) is 19.9 Å². The summed E-state index contributed by atoms with van der Waals surface area (Å²) in [5.41, 5.74) is 0. The van der Waals surface area contributed by atoms with Gasteiger partial charge in [-0.15, -0.1) is 0 Å². The number of hydrogen-bond donors (Lipinski definition) is 16. The second-order valence-electron chi connectivity index (χ2n) is 20.3. The summed E-state index contributed by atoms with van der Waals surface area (Å²) in [6.07, 6.45) is -43.8. The first kappa shape index (κ1) is 72.2. The van der Waals surface area contributed by atoms with E-state index in [0.29, 0.717) is 6.08 Å². The van der Waals surface area contributed by atoms with E-state index >= 15 is 0 Å². The third-order valence-electron chi connectivity index (χ3n) is 14.5. The first-order valence-electron chi connectivity index (χ1n) is 25.3. The van der Waals surface area contributed by atoms with Gasteiger partial charge < -0.3 is 113 Å². The fourth-order valence-electron chi connectivity index (χ4n) is 10.0. The first-order valence-corrected chi connectivity index (χ1v) is 30.7. The average molecular weight is 1340 g/mol. The molecule has 0 aliphatic carbocycles. The Kier molecular flexibility index (Phi) is 24.9. The number of hydrogen-bond acceptors (Lipinski definition) is 35. The zero-order valence-electron chi connectivity index (χ0n) is 44.3. The molecule has 0 aromatic heterocycles. The van der Waals surface area contributed by atoms with Gasteiger partial charge in [-0.25, -0.2) is 26.3 Å². The molecule has 0 bridgehead atoms. The monoisotopic (exact) mass is 1340 g/mol. The van der Waals surface area contributed by atoms with Crippen LogP contribution in [0.15, 0.2) is 11.8 Å². The third-order valence-corrected chi connectivity index (χ3v) is 16.3. The van der Waals surface area contributed by atoms with Crippen molar-refractivity contribution in [3.8, 4) is 0 Å². The summed E-state index contributed by atoms with van der Waals surface area (Å²) in [5.74, 6) is -12.4. The fourth-order valence-corrected chi connectivity index (χ4v) is 11.9. The lowest BCUT2D eigenvalue weighted by Gasteiger charge is -2.47. The molecule has 16 N–H and O–H groups in total. The minimum atomic E-state index is -5.60. The Balaban J connectivity index is 1.26. The molecule has 0 spiro atoms. The number of carboxylic acids is 2. The molecule has 6 heterocycles. The van der Waals surface area contributed by atoms with Crippen molar-refractivity contribution in [1.82, 2.24) is 0 Å². The Morgan fingerprint density at radius 2 is 1.00 bits per heavy atom. The quantitative estimate of drug-likeness (QED) is 0.0340. The minimum Gasteiger partial charge on any atom is -0.479 e. The maximum absolute atomic E-state index is 12.6. The standard InChI is InChI=1S/C41H66O41S4/c1-12-23(44)32(81-85(62,63)64)30(51)40(75-12)71-7-15-14(5-68-22(24(15)45)11-74-83(56,57)58)6-69-38-27(48)18(26(47)33(79-38)36(54)55)10-70-37-17(9-72-39-28(49)19(43)3-20(77-39)35(52)53)16(25(46)21(4-42)78-37)8-73-41-34(82-86(65,66)67)29(50)31(13(2)76-41)80-84(59,60)61/h3,12-19,21-34,37-51H,4-11H2,1-2H3,(H,52,53)(H,54,55)(H,56,57,58)(H,59,60,61)(H,62,63,64)(H,65,66,67). The highest BCUT2D eigenvalue weighted by Gasteiger charge is 2.55. The van der Waals surface area contributed by atoms with Crippen LogP contribution in [0.1, 0.15) is 13.8 Å². The molecule has 500 valence electrons. The number of aliphatic carboxylic acids is 2. The van der Waals surface area contributed by atoms with Gasteiger partial charge in [-0.2, -0.15) is 33.7 Å². The van der Waals surface area contributed by atoms with E-state index in [0.717, 1.165) is 6.92 Å². The van der Waals surface area contributed by atoms with Crippen molar-refractivity contribution < 1.29 is 192 Å². The molecular weight excluding hydrogens is 1280 g/mol. The average Bonchev–Trinajstić information content (AvgIpc) is 1.39. The summed E-state index contributed by atoms with van der Waals surface area (Å²) >= 11 is 0. The number of rotatable bonds is 27. The van der Waals surface area contributed by atoms with Crippen LogP contribution in [0.5, 0.6) is 0 Å². The van der Waals surface area contributed by atoms with Crippen molar-refractivity contribution in [2.75, 3.05) is 52.9 Å². The Hall–Kier alpha value is -2.84. The van der Waals surface area contributed by atoms with Crippen LogP contribution in [0, 0.1) is 29.6 Å². The topological polar surface area (TPSA) is 633 Å². The van der Waals surface area contributed by atoms with Crippen LogP contribution >= 0.6 is 0 Å². The maximum Gasteiger partial charge on any atom is 0.397 e. The summed E-state index contributed by atoms with van der Waals surface area (Å²) < 4.78 is 210. The van der Waals surface area contributed by atoms with E-state index < -0.39 is 277 Å².